The molecule has 0 unspecified atom stereocenters. The summed E-state index contributed by atoms with van der Waals surface area (Å²) in [4.78, 5) is 33.5. The van der Waals surface area contributed by atoms with Crippen molar-refractivity contribution in [1.29, 1.82) is 0 Å². The number of hydrogen-bond donors (Lipinski definition) is 0. The van der Waals surface area contributed by atoms with Gasteiger partial charge >= 0.3 is 0 Å². The van der Waals surface area contributed by atoms with E-state index in [1.54, 1.807) is 67.1 Å². The topological polar surface area (TPSA) is 129 Å². The van der Waals surface area contributed by atoms with E-state index in [2.05, 4.69) is 49.8 Å². The first kappa shape index (κ1) is 157. The fourth-order valence-corrected chi connectivity index (χ4v) is 5.35. The Morgan fingerprint density at radius 1 is 0.243 bits per heavy atom. The van der Waals surface area contributed by atoms with Crippen LogP contribution >= 0.6 is 128 Å². The van der Waals surface area contributed by atoms with Gasteiger partial charge in [0, 0.05) is 303 Å². The predicted molar refractivity (Wildman–Crippen MR) is 361 cm³/mol. The van der Waals surface area contributed by atoms with Crippen LogP contribution in [0, 0.1) is 145 Å². The molecular weight excluding hydrogens is 2410 g/mol. The summed E-state index contributed by atoms with van der Waals surface area (Å²) < 4.78 is 142. The van der Waals surface area contributed by atoms with Gasteiger partial charge < -0.3 is 74.3 Å². The van der Waals surface area contributed by atoms with Crippen LogP contribution in [0.5, 0.6) is 0 Å². The van der Waals surface area contributed by atoms with Gasteiger partial charge in [-0.15, -0.1) is 0 Å². The van der Waals surface area contributed by atoms with Crippen molar-refractivity contribution in [2.24, 2.45) is 0 Å². The Morgan fingerprint density at radius 3 is 1.05 bits per heavy atom. The number of halogens is 23. The summed E-state index contributed by atoms with van der Waals surface area (Å²) in [5, 5.41) is 5.15. The van der Waals surface area contributed by atoms with Crippen molar-refractivity contribution < 1.29 is 276 Å². The van der Waals surface area contributed by atoms with E-state index in [1.807, 2.05) is 0 Å². The molecule has 10 radical (unpaired) electrons. The van der Waals surface area contributed by atoms with E-state index in [-0.39, 0.29) is 303 Å². The molecule has 43 heteroatoms. The van der Waals surface area contributed by atoms with Gasteiger partial charge in [0.1, 0.15) is 43.9 Å². The van der Waals surface area contributed by atoms with Gasteiger partial charge in [-0.25, -0.2) is 65.6 Å². The SMILES string of the molecule is Clc1ccc(Cl)nc1.Clc1cccnc1Cl.Clc1ccnc(Cl)c1.Clc1ccncc1Cl.Clc1cnc(Cl)c(Cl)c1.Fc1cc(F)nc(F)c1.Fc1ccc(F)nc1.Fc1ccnc(F)c1.Fc1ccncc1F.Fc1cnc(F)c(F)c1.[CH3-].[CH3-].[CH3-].[CH3-].[CH3-].[CH3-].[CH3-].[CH3-].[CH3-].[CH3-].[Nb].[Nb].[Nb].[Nb].[Nb].[Nb].[Nb].[Nb].[Nb].[Nb]. The molecule has 0 aromatic carbocycles. The minimum atomic E-state index is -1.28. The standard InChI is InChI=1S/C5H2Cl3N.4C5H3Cl2N.2C5H2F3N.3C5H3F2N.10CH3.10Nb/c6-3-1-4(7)5(8)9-2-3;6-4-1-2-8-3-5(4)7;6-4-1-2-8-5(7)3-4;6-4-1-2-5(7)8-3-4;6-4-2-1-3-8-5(4)7;6-3-1-4(7)5(8)9-2-3;6-3-1-4(7)9-5(8)2-3;6-4-1-2-8-3-5(4)7;6-4-1-2-8-5(7)3-4;6-4-1-2-5(7)8-3-4;;;;;;;;;;;;;;;;;;;;/h1-2H;4*1-3H;2*1-2H;3*1-3H;10*1H3;;;;;;;;;;/q;;;;;;;;;;10*-1;;;;;;;;;;. The van der Waals surface area contributed by atoms with Crippen LogP contribution in [0.2, 0.25) is 55.8 Å². The molecule has 10 nitrogen and oxygen atoms in total. The van der Waals surface area contributed by atoms with Crippen LogP contribution in [0.4, 0.5) is 52.7 Å². The van der Waals surface area contributed by atoms with E-state index in [4.69, 9.17) is 128 Å². The van der Waals surface area contributed by atoms with Crippen molar-refractivity contribution >= 4 is 128 Å². The minimum Gasteiger partial charge on any atom is -0.358 e. The van der Waals surface area contributed by atoms with Crippen LogP contribution in [-0.2, 0) is 224 Å². The van der Waals surface area contributed by atoms with Crippen molar-refractivity contribution in [2.75, 3.05) is 0 Å². The maximum atomic E-state index is 11.9. The molecule has 10 rings (SSSR count). The van der Waals surface area contributed by atoms with Crippen molar-refractivity contribution in [3.8, 4) is 0 Å². The Kier molecular flexibility index (Phi) is 143. The molecule has 0 spiro atoms. The second-order valence-electron chi connectivity index (χ2n) is 13.3. The van der Waals surface area contributed by atoms with E-state index in [0.29, 0.717) is 75.0 Å². The maximum absolute atomic E-state index is 11.9. The third-order valence-electron chi connectivity index (χ3n) is 7.17. The average molecular weight is 2470 g/mol. The largest absolute Gasteiger partial charge is 0.358 e. The van der Waals surface area contributed by atoms with Gasteiger partial charge in [-0.05, 0) is 72.8 Å². The smallest absolute Gasteiger partial charge is 0.249 e. The molecule has 10 heterocycles. The van der Waals surface area contributed by atoms with E-state index < -0.39 is 70.5 Å². The monoisotopic (exact) mass is 2460 g/mol. The number of pyridine rings is 10. The molecule has 0 bridgehead atoms. The second-order valence-corrected chi connectivity index (χ2v) is 17.8. The number of nitrogens with zero attached hydrogens (tertiary/aromatic N) is 10. The molecule has 10 aromatic heterocycles. The number of aromatic nitrogens is 10. The molecule has 10 aromatic rings. The van der Waals surface area contributed by atoms with Crippen molar-refractivity contribution in [3.63, 3.8) is 0 Å². The molecule has 0 aliphatic carbocycles. The Hall–Kier alpha value is 1.25. The van der Waals surface area contributed by atoms with Crippen LogP contribution in [-0.4, -0.2) is 49.8 Å². The van der Waals surface area contributed by atoms with Crippen LogP contribution in [0.25, 0.3) is 0 Å². The summed E-state index contributed by atoms with van der Waals surface area (Å²) >= 11 is 60.5. The summed E-state index contributed by atoms with van der Waals surface area (Å²) in [5.74, 6) is -11.0. The van der Waals surface area contributed by atoms with Gasteiger partial charge in [0.15, 0.2) is 17.5 Å². The van der Waals surface area contributed by atoms with Crippen molar-refractivity contribution in [3.05, 3.63) is 366 Å². The summed E-state index contributed by atoms with van der Waals surface area (Å²) in [6, 6.07) is 19.4. The molecular formula is C60H57Cl11F12N10Nb10-10. The summed E-state index contributed by atoms with van der Waals surface area (Å²) in [5.41, 5.74) is 0. The summed E-state index contributed by atoms with van der Waals surface area (Å²) in [6.07, 6.45) is 13.7. The molecule has 0 saturated heterocycles. The number of hydrogen-bond acceptors (Lipinski definition) is 10. The quantitative estimate of drug-likeness (QED) is 0.0626. The first-order valence-electron chi connectivity index (χ1n) is 20.9. The molecule has 0 aliphatic rings. The first-order chi connectivity index (χ1) is 39.1. The molecule has 0 fully saturated rings. The summed E-state index contributed by atoms with van der Waals surface area (Å²) in [6.45, 7) is 0. The zero-order chi connectivity index (χ0) is 62.4. The Labute approximate surface area is 808 Å². The number of rotatable bonds is 0. The molecule has 0 saturated carbocycles. The van der Waals surface area contributed by atoms with Crippen LogP contribution < -0.4 is 0 Å². The second kappa shape index (κ2) is 93.8. The maximum Gasteiger partial charge on any atom is 0.249 e. The van der Waals surface area contributed by atoms with Crippen LogP contribution in [0.1, 0.15) is 0 Å². The van der Waals surface area contributed by atoms with Crippen molar-refractivity contribution in [1.82, 2.24) is 49.8 Å². The van der Waals surface area contributed by atoms with Gasteiger partial charge in [-0.3, -0.25) is 9.97 Å². The van der Waals surface area contributed by atoms with Gasteiger partial charge in [-0.2, -0.15) is 26.9 Å². The van der Waals surface area contributed by atoms with Gasteiger partial charge in [0.05, 0.1) is 48.7 Å². The van der Waals surface area contributed by atoms with E-state index in [1.165, 1.54) is 24.8 Å². The molecule has 103 heavy (non-hydrogen) atoms. The third kappa shape index (κ3) is 84.0. The normalized spacial score (nSPS) is 7.56. The summed E-state index contributed by atoms with van der Waals surface area (Å²) in [7, 11) is 0. The zero-order valence-corrected chi connectivity index (χ0v) is 85.0. The fourth-order valence-electron chi connectivity index (χ4n) is 3.79. The van der Waals surface area contributed by atoms with Gasteiger partial charge in [-0.1, -0.05) is 128 Å². The molecule has 0 N–H and O–H groups in total. The van der Waals surface area contributed by atoms with Gasteiger partial charge in [0.25, 0.3) is 0 Å². The average Bonchev–Trinajstić information content (AvgIpc) is 0.919. The van der Waals surface area contributed by atoms with E-state index in [0.717, 1.165) is 48.9 Å². The molecule has 0 amide bonds. The minimum absolute atomic E-state index is 0. The molecule has 0 aliphatic heterocycles. The Morgan fingerprint density at radius 2 is 0.738 bits per heavy atom. The van der Waals surface area contributed by atoms with Crippen molar-refractivity contribution in [2.45, 2.75) is 0 Å². The first-order valence-corrected chi connectivity index (χ1v) is 25.1. The van der Waals surface area contributed by atoms with E-state index in [9.17, 15) is 52.7 Å². The molecule has 568 valence electrons. The van der Waals surface area contributed by atoms with Crippen LogP contribution in [0.3, 0.4) is 0 Å². The predicted octanol–water partition coefficient (Wildman–Crippen LogP) is 24.2. The Bertz CT molecular complexity index is 3100. The van der Waals surface area contributed by atoms with E-state index >= 15 is 0 Å². The van der Waals surface area contributed by atoms with Crippen LogP contribution in [0.15, 0.2) is 165 Å². The van der Waals surface area contributed by atoms with Gasteiger partial charge in [0.2, 0.25) is 29.7 Å². The zero-order valence-electron chi connectivity index (χ0n) is 54.7. The third-order valence-corrected chi connectivity index (χ3v) is 10.4. The molecule has 0 atom stereocenters. The fraction of sp³-hybridized carbons (Fsp3) is 0. The Balaban J connectivity index is -0.0000000404.